The third-order valence-electron chi connectivity index (χ3n) is 2.20. The molecule has 14 heavy (non-hydrogen) atoms. The Labute approximate surface area is 94.0 Å². The van der Waals surface area contributed by atoms with E-state index in [-0.39, 0.29) is 0 Å². The van der Waals surface area contributed by atoms with Crippen LogP contribution in [0.1, 0.15) is 18.1 Å². The number of rotatable bonds is 3. The van der Waals surface area contributed by atoms with Gasteiger partial charge in [0, 0.05) is 22.7 Å². The molecular formula is C11H17BrN2. The van der Waals surface area contributed by atoms with Gasteiger partial charge in [-0.1, -0.05) is 15.9 Å². The Morgan fingerprint density at radius 1 is 1.36 bits per heavy atom. The molecule has 0 spiro atoms. The van der Waals surface area contributed by atoms with Crippen LogP contribution in [-0.2, 0) is 0 Å². The van der Waals surface area contributed by atoms with Crippen molar-refractivity contribution < 1.29 is 0 Å². The minimum atomic E-state index is 0.315. The monoisotopic (exact) mass is 256 g/mol. The molecule has 1 rings (SSSR count). The largest absolute Gasteiger partial charge is 0.381 e. The minimum Gasteiger partial charge on any atom is -0.381 e. The van der Waals surface area contributed by atoms with Crippen LogP contribution < -0.4 is 11.1 Å². The summed E-state index contributed by atoms with van der Waals surface area (Å²) in [5.74, 6) is 0. The molecule has 0 aliphatic carbocycles. The van der Waals surface area contributed by atoms with Crippen LogP contribution in [0.3, 0.4) is 0 Å². The molecule has 0 aromatic heterocycles. The maximum Gasteiger partial charge on any atom is 0.0355 e. The molecule has 0 bridgehead atoms. The Hall–Kier alpha value is -0.540. The molecule has 0 heterocycles. The Kier molecular flexibility index (Phi) is 3.96. The number of aryl methyl sites for hydroxylation is 2. The van der Waals surface area contributed by atoms with Crippen molar-refractivity contribution in [1.29, 1.82) is 0 Å². The molecule has 0 saturated heterocycles. The Morgan fingerprint density at radius 2 is 1.86 bits per heavy atom. The van der Waals surface area contributed by atoms with Crippen molar-refractivity contribution >= 4 is 21.6 Å². The number of nitrogens with one attached hydrogen (secondary N) is 1. The van der Waals surface area contributed by atoms with Gasteiger partial charge in [0.1, 0.15) is 0 Å². The second-order valence-corrected chi connectivity index (χ2v) is 4.50. The van der Waals surface area contributed by atoms with Crippen LogP contribution in [0, 0.1) is 13.8 Å². The van der Waals surface area contributed by atoms with Crippen LogP contribution in [-0.4, -0.2) is 12.6 Å². The molecule has 3 N–H and O–H groups in total. The number of nitrogens with two attached hydrogens (primary N) is 1. The van der Waals surface area contributed by atoms with Crippen molar-refractivity contribution in [2.75, 3.05) is 11.9 Å². The predicted octanol–water partition coefficient (Wildman–Crippen LogP) is 2.83. The average Bonchev–Trinajstić information content (AvgIpc) is 2.14. The van der Waals surface area contributed by atoms with E-state index in [4.69, 9.17) is 5.73 Å². The minimum absolute atomic E-state index is 0.315. The third-order valence-corrected chi connectivity index (χ3v) is 3.45. The van der Waals surface area contributed by atoms with E-state index < -0.39 is 0 Å². The van der Waals surface area contributed by atoms with Gasteiger partial charge in [-0.05, 0) is 44.0 Å². The van der Waals surface area contributed by atoms with Crippen molar-refractivity contribution in [3.8, 4) is 0 Å². The summed E-state index contributed by atoms with van der Waals surface area (Å²) in [5, 5.41) is 3.35. The van der Waals surface area contributed by atoms with Crippen molar-refractivity contribution in [2.45, 2.75) is 26.8 Å². The standard InChI is InChI=1S/C11H17BrN2/c1-7-4-10(14-9(3)6-13)5-8(2)11(7)12/h4-5,9,14H,6,13H2,1-3H3. The van der Waals surface area contributed by atoms with Gasteiger partial charge in [0.15, 0.2) is 0 Å². The maximum atomic E-state index is 5.55. The summed E-state index contributed by atoms with van der Waals surface area (Å²) in [4.78, 5) is 0. The van der Waals surface area contributed by atoms with Crippen LogP contribution in [0.15, 0.2) is 16.6 Å². The van der Waals surface area contributed by atoms with Gasteiger partial charge in [-0.3, -0.25) is 0 Å². The molecule has 2 nitrogen and oxygen atoms in total. The lowest BCUT2D eigenvalue weighted by Gasteiger charge is -2.15. The van der Waals surface area contributed by atoms with Crippen LogP contribution in [0.2, 0.25) is 0 Å². The maximum absolute atomic E-state index is 5.55. The molecule has 1 aromatic rings. The Morgan fingerprint density at radius 3 is 2.29 bits per heavy atom. The summed E-state index contributed by atoms with van der Waals surface area (Å²) in [6, 6.07) is 4.57. The molecule has 0 radical (unpaired) electrons. The van der Waals surface area contributed by atoms with E-state index in [0.717, 1.165) is 5.69 Å². The molecule has 0 amide bonds. The second-order valence-electron chi connectivity index (χ2n) is 3.71. The third kappa shape index (κ3) is 2.72. The number of benzene rings is 1. The highest BCUT2D eigenvalue weighted by Crippen LogP contribution is 2.25. The van der Waals surface area contributed by atoms with E-state index in [2.05, 4.69) is 54.2 Å². The van der Waals surface area contributed by atoms with E-state index in [1.807, 2.05) is 0 Å². The summed E-state index contributed by atoms with van der Waals surface area (Å²) in [5.41, 5.74) is 9.19. The summed E-state index contributed by atoms with van der Waals surface area (Å²) < 4.78 is 1.18. The summed E-state index contributed by atoms with van der Waals surface area (Å²) in [7, 11) is 0. The highest BCUT2D eigenvalue weighted by molar-refractivity contribution is 9.10. The number of halogens is 1. The first-order valence-electron chi connectivity index (χ1n) is 4.78. The van der Waals surface area contributed by atoms with Crippen molar-refractivity contribution in [2.24, 2.45) is 5.73 Å². The average molecular weight is 257 g/mol. The fraction of sp³-hybridized carbons (Fsp3) is 0.455. The Bertz CT molecular complexity index is 300. The van der Waals surface area contributed by atoms with E-state index in [0.29, 0.717) is 12.6 Å². The molecule has 1 atom stereocenters. The molecule has 3 heteroatoms. The van der Waals surface area contributed by atoms with Gasteiger partial charge in [0.2, 0.25) is 0 Å². The first-order chi connectivity index (χ1) is 6.54. The first-order valence-corrected chi connectivity index (χ1v) is 5.57. The topological polar surface area (TPSA) is 38.0 Å². The van der Waals surface area contributed by atoms with Gasteiger partial charge in [0.25, 0.3) is 0 Å². The van der Waals surface area contributed by atoms with E-state index >= 15 is 0 Å². The van der Waals surface area contributed by atoms with Gasteiger partial charge in [-0.2, -0.15) is 0 Å². The lowest BCUT2D eigenvalue weighted by Crippen LogP contribution is -2.25. The smallest absolute Gasteiger partial charge is 0.0355 e. The fourth-order valence-corrected chi connectivity index (χ4v) is 1.60. The lowest BCUT2D eigenvalue weighted by molar-refractivity contribution is 0.803. The van der Waals surface area contributed by atoms with Crippen LogP contribution >= 0.6 is 15.9 Å². The molecule has 0 aliphatic heterocycles. The summed E-state index contributed by atoms with van der Waals surface area (Å²) in [6.07, 6.45) is 0. The van der Waals surface area contributed by atoms with Gasteiger partial charge in [-0.25, -0.2) is 0 Å². The fourth-order valence-electron chi connectivity index (χ4n) is 1.37. The van der Waals surface area contributed by atoms with Gasteiger partial charge < -0.3 is 11.1 Å². The second kappa shape index (κ2) is 4.80. The molecule has 1 unspecified atom stereocenters. The number of hydrogen-bond acceptors (Lipinski definition) is 2. The zero-order valence-corrected chi connectivity index (χ0v) is 10.5. The number of anilines is 1. The number of hydrogen-bond donors (Lipinski definition) is 2. The molecular weight excluding hydrogens is 240 g/mol. The normalized spacial score (nSPS) is 12.6. The SMILES string of the molecule is Cc1cc(NC(C)CN)cc(C)c1Br. The molecule has 78 valence electrons. The van der Waals surface area contributed by atoms with Crippen LogP contribution in [0.5, 0.6) is 0 Å². The molecule has 1 aromatic carbocycles. The Balaban J connectivity index is 2.89. The van der Waals surface area contributed by atoms with Crippen molar-refractivity contribution in [3.05, 3.63) is 27.7 Å². The molecule has 0 saturated carbocycles. The summed E-state index contributed by atoms with van der Waals surface area (Å²) >= 11 is 3.54. The van der Waals surface area contributed by atoms with Crippen LogP contribution in [0.25, 0.3) is 0 Å². The van der Waals surface area contributed by atoms with Crippen molar-refractivity contribution in [1.82, 2.24) is 0 Å². The zero-order chi connectivity index (χ0) is 10.7. The predicted molar refractivity (Wildman–Crippen MR) is 65.8 cm³/mol. The van der Waals surface area contributed by atoms with Crippen molar-refractivity contribution in [3.63, 3.8) is 0 Å². The van der Waals surface area contributed by atoms with Gasteiger partial charge >= 0.3 is 0 Å². The lowest BCUT2D eigenvalue weighted by atomic mass is 10.1. The van der Waals surface area contributed by atoms with Gasteiger partial charge in [-0.15, -0.1) is 0 Å². The van der Waals surface area contributed by atoms with E-state index in [1.54, 1.807) is 0 Å². The van der Waals surface area contributed by atoms with E-state index in [1.165, 1.54) is 15.6 Å². The van der Waals surface area contributed by atoms with Gasteiger partial charge in [0.05, 0.1) is 0 Å². The highest BCUT2D eigenvalue weighted by Gasteiger charge is 2.04. The zero-order valence-electron chi connectivity index (χ0n) is 8.89. The van der Waals surface area contributed by atoms with E-state index in [9.17, 15) is 0 Å². The highest BCUT2D eigenvalue weighted by atomic mass is 79.9. The van der Waals surface area contributed by atoms with Crippen LogP contribution in [0.4, 0.5) is 5.69 Å². The first kappa shape index (κ1) is 11.5. The summed E-state index contributed by atoms with van der Waals surface area (Å²) in [6.45, 7) is 6.91. The quantitative estimate of drug-likeness (QED) is 0.873. The molecule has 0 fully saturated rings. The molecule has 0 aliphatic rings.